The van der Waals surface area contributed by atoms with Gasteiger partial charge in [0.25, 0.3) is 5.60 Å². The molecule has 0 aliphatic rings. The van der Waals surface area contributed by atoms with Gasteiger partial charge < -0.3 is 10.4 Å². The van der Waals surface area contributed by atoms with Gasteiger partial charge in [-0.3, -0.25) is 0 Å². The SMILES string of the molecule is Cc1cc(C(O)(C(F)(F)F)C(F)(F)F)c(C)c(C)c1NCCC#N. The minimum absolute atomic E-state index is 0.109. The standard InChI is InChI=1S/C15H16F6N2O/c1-8-7-11(13(24,14(16,17)18)15(19,20)21)9(2)10(3)12(8)23-6-4-5-22/h7,23-24H,4,6H2,1-3H3. The molecule has 1 rings (SSSR count). The maximum atomic E-state index is 13.1. The third-order valence-electron chi connectivity index (χ3n) is 3.85. The van der Waals surface area contributed by atoms with Crippen LogP contribution in [0.4, 0.5) is 32.0 Å². The van der Waals surface area contributed by atoms with E-state index in [0.29, 0.717) is 11.8 Å². The summed E-state index contributed by atoms with van der Waals surface area (Å²) >= 11 is 0. The van der Waals surface area contributed by atoms with Gasteiger partial charge in [-0.1, -0.05) is 6.07 Å². The van der Waals surface area contributed by atoms with Gasteiger partial charge in [-0.25, -0.2) is 0 Å². The van der Waals surface area contributed by atoms with Crippen LogP contribution in [0.25, 0.3) is 0 Å². The molecule has 9 heteroatoms. The van der Waals surface area contributed by atoms with Gasteiger partial charge in [0, 0.05) is 17.8 Å². The Bertz CT molecular complexity index is 644. The molecule has 1 aromatic rings. The molecular weight excluding hydrogens is 338 g/mol. The Morgan fingerprint density at radius 3 is 1.96 bits per heavy atom. The number of rotatable bonds is 4. The van der Waals surface area contributed by atoms with Crippen LogP contribution >= 0.6 is 0 Å². The maximum Gasteiger partial charge on any atom is 0.430 e. The van der Waals surface area contributed by atoms with Crippen molar-refractivity contribution >= 4 is 5.69 Å². The van der Waals surface area contributed by atoms with E-state index in [9.17, 15) is 31.4 Å². The molecule has 0 fully saturated rings. The number of aryl methyl sites for hydroxylation is 1. The number of nitrogens with zero attached hydrogens (tertiary/aromatic N) is 1. The lowest BCUT2D eigenvalue weighted by molar-refractivity contribution is -0.376. The number of halogens is 6. The van der Waals surface area contributed by atoms with Gasteiger partial charge in [-0.2, -0.15) is 31.6 Å². The average molecular weight is 354 g/mol. The fraction of sp³-hybridized carbons (Fsp3) is 0.533. The summed E-state index contributed by atoms with van der Waals surface area (Å²) in [5.41, 5.74) is -5.92. The minimum atomic E-state index is -5.93. The van der Waals surface area contributed by atoms with Crippen LogP contribution in [0, 0.1) is 32.1 Å². The lowest BCUT2D eigenvalue weighted by Gasteiger charge is -2.35. The van der Waals surface area contributed by atoms with E-state index in [1.165, 1.54) is 13.8 Å². The predicted octanol–water partition coefficient (Wildman–Crippen LogP) is 4.25. The molecule has 0 amide bonds. The molecule has 0 saturated carbocycles. The fourth-order valence-electron chi connectivity index (χ4n) is 2.44. The van der Waals surface area contributed by atoms with Gasteiger partial charge in [0.1, 0.15) is 0 Å². The van der Waals surface area contributed by atoms with Crippen LogP contribution in [-0.4, -0.2) is 24.0 Å². The summed E-state index contributed by atoms with van der Waals surface area (Å²) in [6.07, 6.45) is -11.7. The molecule has 0 unspecified atom stereocenters. The van der Waals surface area contributed by atoms with Crippen LogP contribution in [0.15, 0.2) is 6.07 Å². The lowest BCUT2D eigenvalue weighted by Crippen LogP contribution is -2.54. The first-order valence-electron chi connectivity index (χ1n) is 6.87. The third kappa shape index (κ3) is 3.29. The fourth-order valence-corrected chi connectivity index (χ4v) is 2.44. The summed E-state index contributed by atoms with van der Waals surface area (Å²) in [5, 5.41) is 20.9. The summed E-state index contributed by atoms with van der Waals surface area (Å²) < 4.78 is 78.3. The Hall–Kier alpha value is -1.95. The lowest BCUT2D eigenvalue weighted by atomic mass is 9.84. The highest BCUT2D eigenvalue weighted by atomic mass is 19.4. The zero-order chi connectivity index (χ0) is 18.9. The number of alkyl halides is 6. The van der Waals surface area contributed by atoms with E-state index in [0.717, 1.165) is 6.92 Å². The summed E-state index contributed by atoms with van der Waals surface area (Å²) in [6.45, 7) is 3.97. The van der Waals surface area contributed by atoms with Gasteiger partial charge >= 0.3 is 12.4 Å². The van der Waals surface area contributed by atoms with Crippen LogP contribution in [0.1, 0.15) is 28.7 Å². The monoisotopic (exact) mass is 354 g/mol. The number of nitriles is 1. The van der Waals surface area contributed by atoms with Crippen molar-refractivity contribution in [3.63, 3.8) is 0 Å². The number of anilines is 1. The van der Waals surface area contributed by atoms with E-state index in [1.807, 2.05) is 6.07 Å². The van der Waals surface area contributed by atoms with Crippen LogP contribution in [0.5, 0.6) is 0 Å². The number of hydrogen-bond acceptors (Lipinski definition) is 3. The van der Waals surface area contributed by atoms with E-state index in [2.05, 4.69) is 5.32 Å². The summed E-state index contributed by atoms with van der Waals surface area (Å²) in [7, 11) is 0. The molecule has 134 valence electrons. The second-order valence-corrected chi connectivity index (χ2v) is 5.41. The highest BCUT2D eigenvalue weighted by Crippen LogP contribution is 2.51. The molecule has 0 aliphatic heterocycles. The average Bonchev–Trinajstić information content (AvgIpc) is 2.43. The van der Waals surface area contributed by atoms with Gasteiger partial charge in [0.15, 0.2) is 0 Å². The Morgan fingerprint density at radius 1 is 1.04 bits per heavy atom. The van der Waals surface area contributed by atoms with Crippen molar-refractivity contribution in [2.45, 2.75) is 45.1 Å². The van der Waals surface area contributed by atoms with Crippen molar-refractivity contribution in [1.82, 2.24) is 0 Å². The van der Waals surface area contributed by atoms with Crippen LogP contribution in [0.3, 0.4) is 0 Å². The number of benzene rings is 1. The largest absolute Gasteiger partial charge is 0.430 e. The van der Waals surface area contributed by atoms with Gasteiger partial charge in [-0.15, -0.1) is 0 Å². The molecule has 3 nitrogen and oxygen atoms in total. The number of nitrogens with one attached hydrogen (secondary N) is 1. The number of hydrogen-bond donors (Lipinski definition) is 2. The van der Waals surface area contributed by atoms with Crippen molar-refractivity contribution in [2.75, 3.05) is 11.9 Å². The van der Waals surface area contributed by atoms with E-state index in [-0.39, 0.29) is 29.7 Å². The predicted molar refractivity (Wildman–Crippen MR) is 75.4 cm³/mol. The molecule has 0 heterocycles. The van der Waals surface area contributed by atoms with Crippen molar-refractivity contribution in [2.24, 2.45) is 0 Å². The van der Waals surface area contributed by atoms with Crippen LogP contribution in [-0.2, 0) is 5.60 Å². The highest BCUT2D eigenvalue weighted by Gasteiger charge is 2.71. The molecule has 0 radical (unpaired) electrons. The van der Waals surface area contributed by atoms with Crippen molar-refractivity contribution < 1.29 is 31.4 Å². The Kier molecular flexibility index (Phi) is 5.45. The molecule has 0 spiro atoms. The zero-order valence-electron chi connectivity index (χ0n) is 13.2. The van der Waals surface area contributed by atoms with E-state index < -0.39 is 23.5 Å². The number of aliphatic hydroxyl groups is 1. The molecular formula is C15H16F6N2O. The Balaban J connectivity index is 3.58. The zero-order valence-corrected chi connectivity index (χ0v) is 13.2. The maximum absolute atomic E-state index is 13.1. The summed E-state index contributed by atoms with van der Waals surface area (Å²) in [6, 6.07) is 2.55. The second kappa shape index (κ2) is 6.51. The van der Waals surface area contributed by atoms with Gasteiger partial charge in [0.2, 0.25) is 0 Å². The summed E-state index contributed by atoms with van der Waals surface area (Å²) in [4.78, 5) is 0. The van der Waals surface area contributed by atoms with Gasteiger partial charge in [0.05, 0.1) is 12.5 Å². The van der Waals surface area contributed by atoms with E-state index in [1.54, 1.807) is 0 Å². The van der Waals surface area contributed by atoms with E-state index in [4.69, 9.17) is 5.26 Å². The van der Waals surface area contributed by atoms with E-state index >= 15 is 0 Å². The Labute approximate surface area is 134 Å². The smallest absolute Gasteiger partial charge is 0.384 e. The molecule has 2 N–H and O–H groups in total. The second-order valence-electron chi connectivity index (χ2n) is 5.41. The molecule has 0 bridgehead atoms. The van der Waals surface area contributed by atoms with Crippen molar-refractivity contribution in [1.29, 1.82) is 5.26 Å². The highest BCUT2D eigenvalue weighted by molar-refractivity contribution is 5.62. The third-order valence-corrected chi connectivity index (χ3v) is 3.85. The molecule has 24 heavy (non-hydrogen) atoms. The molecule has 1 aromatic carbocycles. The normalized spacial score (nSPS) is 12.9. The first-order valence-corrected chi connectivity index (χ1v) is 6.87. The quantitative estimate of drug-likeness (QED) is 0.628. The molecule has 0 aliphatic carbocycles. The van der Waals surface area contributed by atoms with Crippen LogP contribution < -0.4 is 5.32 Å². The minimum Gasteiger partial charge on any atom is -0.384 e. The first-order chi connectivity index (χ1) is 10.8. The molecule has 0 saturated heterocycles. The first kappa shape index (κ1) is 20.1. The molecule has 0 aromatic heterocycles. The van der Waals surface area contributed by atoms with Crippen molar-refractivity contribution in [3.05, 3.63) is 28.3 Å². The van der Waals surface area contributed by atoms with Gasteiger partial charge in [-0.05, 0) is 37.5 Å². The summed E-state index contributed by atoms with van der Waals surface area (Å²) in [5.74, 6) is 0. The molecule has 0 atom stereocenters. The van der Waals surface area contributed by atoms with Crippen molar-refractivity contribution in [3.8, 4) is 6.07 Å². The van der Waals surface area contributed by atoms with Crippen LogP contribution in [0.2, 0.25) is 0 Å². The Morgan fingerprint density at radius 2 is 1.54 bits per heavy atom. The topological polar surface area (TPSA) is 56.0 Å².